The molecule has 4 atom stereocenters. The zero-order valence-electron chi connectivity index (χ0n) is 22.7. The lowest BCUT2D eigenvalue weighted by atomic mass is 9.87. The van der Waals surface area contributed by atoms with Gasteiger partial charge in [0.25, 0.3) is 0 Å². The van der Waals surface area contributed by atoms with E-state index in [-0.39, 0.29) is 64.0 Å². The Hall–Kier alpha value is -2.92. The maximum Gasteiger partial charge on any atom is 0.243 e. The molecule has 4 aliphatic heterocycles. The molecular weight excluding hydrogens is 684 g/mol. The lowest BCUT2D eigenvalue weighted by Crippen LogP contribution is -2.63. The van der Waals surface area contributed by atoms with Gasteiger partial charge in [0.1, 0.15) is 44.9 Å². The van der Waals surface area contributed by atoms with Gasteiger partial charge in [0, 0.05) is 35.4 Å². The summed E-state index contributed by atoms with van der Waals surface area (Å²) >= 11 is 3.29. The minimum absolute atomic E-state index is 0. The molecule has 0 unspecified atom stereocenters. The van der Waals surface area contributed by atoms with Gasteiger partial charge in [-0.05, 0) is 36.4 Å². The first kappa shape index (κ1) is 35.6. The molecule has 4 N–H and O–H groups in total. The van der Waals surface area contributed by atoms with Crippen molar-refractivity contribution in [3.05, 3.63) is 88.4 Å². The van der Waals surface area contributed by atoms with E-state index >= 15 is 0 Å². The van der Waals surface area contributed by atoms with Crippen molar-refractivity contribution in [2.24, 2.45) is 0 Å². The number of anilines is 1. The number of ether oxygens (including phenoxy) is 2. The molecule has 16 heteroatoms. The van der Waals surface area contributed by atoms with E-state index in [4.69, 9.17) is 15.2 Å². The number of nitrogens with two attached hydrogens (primary N) is 1. The molecule has 0 aromatic heterocycles. The Balaban J connectivity index is 0.000000230. The Morgan fingerprint density at radius 2 is 1.25 bits per heavy atom. The standard InChI is InChI=1S/C13H14BrFN2O3S.C13H16FN3O3S.2CH4/c1-8-16-13(10-5-9(14)3-4-11(10)15)7-20-6-12(13)21(18,19)17(8)2;1-8-16-13(10-5-9(15)3-4-11(10)14)7-20-6-12(13)21(18,19)17(8)2;;/h3-5,12,16H,1,6-7H2,2H3;3-5,12,16H,1,6-7,15H2,2H3;2*1H4/t2*12-,13-;;/m11../s1. The van der Waals surface area contributed by atoms with E-state index in [0.29, 0.717) is 10.2 Å². The highest BCUT2D eigenvalue weighted by Gasteiger charge is 2.59. The van der Waals surface area contributed by atoms with Crippen molar-refractivity contribution >= 4 is 41.7 Å². The third kappa shape index (κ3) is 5.33. The van der Waals surface area contributed by atoms with E-state index < -0.39 is 53.3 Å². The fourth-order valence-corrected chi connectivity index (χ4v) is 9.65. The molecule has 4 fully saturated rings. The van der Waals surface area contributed by atoms with E-state index in [1.807, 2.05) is 0 Å². The summed E-state index contributed by atoms with van der Waals surface area (Å²) < 4.78 is 92.5. The molecule has 0 bridgehead atoms. The zero-order valence-corrected chi connectivity index (χ0v) is 26.0. The van der Waals surface area contributed by atoms with E-state index in [1.54, 1.807) is 12.1 Å². The van der Waals surface area contributed by atoms with Crippen molar-refractivity contribution in [2.45, 2.75) is 36.4 Å². The summed E-state index contributed by atoms with van der Waals surface area (Å²) in [6, 6.07) is 8.55. The molecule has 244 valence electrons. The lowest BCUT2D eigenvalue weighted by Gasteiger charge is -2.44. The highest BCUT2D eigenvalue weighted by molar-refractivity contribution is 9.10. The van der Waals surface area contributed by atoms with E-state index in [1.165, 1.54) is 38.4 Å². The number of nitrogens with one attached hydrogen (secondary N) is 2. The summed E-state index contributed by atoms with van der Waals surface area (Å²) in [4.78, 5) is 0. The first-order valence-electron chi connectivity index (χ1n) is 12.6. The van der Waals surface area contributed by atoms with Crippen LogP contribution in [-0.4, -0.2) is 76.5 Å². The largest absolute Gasteiger partial charge is 0.399 e. The quantitative estimate of drug-likeness (QED) is 0.399. The number of benzene rings is 2. The first-order valence-corrected chi connectivity index (χ1v) is 16.4. The fraction of sp³-hybridized carbons (Fsp3) is 0.429. The number of hydrogen-bond acceptors (Lipinski definition) is 9. The minimum atomic E-state index is -3.69. The van der Waals surface area contributed by atoms with Gasteiger partial charge in [-0.1, -0.05) is 43.9 Å². The molecule has 0 amide bonds. The molecule has 2 aromatic rings. The van der Waals surface area contributed by atoms with E-state index in [2.05, 4.69) is 39.7 Å². The number of fused-ring (bicyclic) bond motifs is 2. The van der Waals surface area contributed by atoms with Crippen LogP contribution in [0.4, 0.5) is 14.5 Å². The van der Waals surface area contributed by atoms with Gasteiger partial charge in [-0.3, -0.25) is 8.61 Å². The second kappa shape index (κ2) is 12.1. The summed E-state index contributed by atoms with van der Waals surface area (Å²) in [6.07, 6.45) is 0. The molecule has 0 spiro atoms. The summed E-state index contributed by atoms with van der Waals surface area (Å²) in [7, 11) is -4.52. The van der Waals surface area contributed by atoms with Crippen LogP contribution < -0.4 is 16.4 Å². The van der Waals surface area contributed by atoms with Crippen molar-refractivity contribution in [2.75, 3.05) is 46.3 Å². The van der Waals surface area contributed by atoms with Crippen LogP contribution >= 0.6 is 15.9 Å². The van der Waals surface area contributed by atoms with Crippen LogP contribution in [0.3, 0.4) is 0 Å². The normalized spacial score (nSPS) is 29.5. The topological polar surface area (TPSA) is 143 Å². The molecule has 4 heterocycles. The maximum absolute atomic E-state index is 14.3. The Labute approximate surface area is 266 Å². The van der Waals surface area contributed by atoms with Gasteiger partial charge < -0.3 is 25.8 Å². The van der Waals surface area contributed by atoms with Crippen molar-refractivity contribution in [3.63, 3.8) is 0 Å². The maximum atomic E-state index is 14.3. The van der Waals surface area contributed by atoms with Crippen LogP contribution in [0.25, 0.3) is 0 Å². The summed E-state index contributed by atoms with van der Waals surface area (Å²) in [5, 5.41) is 4.23. The molecule has 44 heavy (non-hydrogen) atoms. The molecule has 11 nitrogen and oxygen atoms in total. The Kier molecular flexibility index (Phi) is 9.79. The van der Waals surface area contributed by atoms with Gasteiger partial charge in [0.2, 0.25) is 20.0 Å². The van der Waals surface area contributed by atoms with Gasteiger partial charge >= 0.3 is 0 Å². The van der Waals surface area contributed by atoms with Gasteiger partial charge in [-0.15, -0.1) is 0 Å². The molecule has 0 saturated carbocycles. The van der Waals surface area contributed by atoms with Crippen LogP contribution in [0.15, 0.2) is 65.7 Å². The SMILES string of the molecule is C.C.C=C1N[C@@]2(c3cc(Br)ccc3F)COC[C@H]2S(=O)(=O)N1C.C=C1N[C@@]2(c3cc(N)ccc3F)COC[C@H]2S(=O)(=O)N1C. The van der Waals surface area contributed by atoms with Gasteiger partial charge in [-0.2, -0.15) is 0 Å². The van der Waals surface area contributed by atoms with Crippen molar-refractivity contribution in [3.8, 4) is 0 Å². The van der Waals surface area contributed by atoms with Crippen LogP contribution in [0.5, 0.6) is 0 Å². The van der Waals surface area contributed by atoms with Crippen LogP contribution in [0, 0.1) is 11.6 Å². The average molecular weight is 723 g/mol. The van der Waals surface area contributed by atoms with Crippen LogP contribution in [0.2, 0.25) is 0 Å². The number of hydrogen-bond donors (Lipinski definition) is 3. The summed E-state index contributed by atoms with van der Waals surface area (Å²) in [5.41, 5.74) is 4.16. The lowest BCUT2D eigenvalue weighted by molar-refractivity contribution is 0.166. The predicted molar refractivity (Wildman–Crippen MR) is 169 cm³/mol. The van der Waals surface area contributed by atoms with Crippen LogP contribution in [-0.2, 0) is 40.6 Å². The molecule has 0 radical (unpaired) electrons. The second-order valence-electron chi connectivity index (χ2n) is 10.5. The van der Waals surface area contributed by atoms with E-state index in [0.717, 1.165) is 8.61 Å². The molecule has 0 aliphatic carbocycles. The number of halogens is 3. The third-order valence-electron chi connectivity index (χ3n) is 8.15. The third-order valence-corrected chi connectivity index (χ3v) is 13.1. The molecular formula is C28H38BrF2N5O6S2. The molecule has 6 rings (SSSR count). The average Bonchev–Trinajstić information content (AvgIpc) is 3.56. The Morgan fingerprint density at radius 3 is 1.70 bits per heavy atom. The first-order chi connectivity index (χ1) is 19.6. The Bertz CT molecular complexity index is 1570. The predicted octanol–water partition coefficient (Wildman–Crippen LogP) is 3.13. The minimum Gasteiger partial charge on any atom is -0.399 e. The van der Waals surface area contributed by atoms with Gasteiger partial charge in [-0.25, -0.2) is 25.6 Å². The Morgan fingerprint density at radius 1 is 0.841 bits per heavy atom. The van der Waals surface area contributed by atoms with Crippen molar-refractivity contribution in [1.29, 1.82) is 0 Å². The monoisotopic (exact) mass is 721 g/mol. The van der Waals surface area contributed by atoms with E-state index in [9.17, 15) is 25.6 Å². The van der Waals surface area contributed by atoms with Crippen molar-refractivity contribution < 1.29 is 35.1 Å². The second-order valence-corrected chi connectivity index (χ2v) is 15.7. The smallest absolute Gasteiger partial charge is 0.243 e. The molecule has 2 aromatic carbocycles. The highest BCUT2D eigenvalue weighted by atomic mass is 79.9. The van der Waals surface area contributed by atoms with Crippen molar-refractivity contribution in [1.82, 2.24) is 19.2 Å². The summed E-state index contributed by atoms with van der Waals surface area (Å²) in [5.74, 6) is -0.622. The number of nitrogens with zero attached hydrogens (tertiary/aromatic N) is 2. The fourth-order valence-electron chi connectivity index (χ4n) is 5.76. The highest BCUT2D eigenvalue weighted by Crippen LogP contribution is 2.43. The number of rotatable bonds is 2. The number of nitrogen functional groups attached to an aromatic ring is 1. The van der Waals surface area contributed by atoms with Crippen LogP contribution in [0.1, 0.15) is 26.0 Å². The molecule has 4 aliphatic rings. The van der Waals surface area contributed by atoms with Gasteiger partial charge in [0.15, 0.2) is 0 Å². The zero-order chi connectivity index (χ0) is 30.8. The summed E-state index contributed by atoms with van der Waals surface area (Å²) in [6.45, 7) is 7.52. The molecule has 4 saturated heterocycles. The van der Waals surface area contributed by atoms with Gasteiger partial charge in [0.05, 0.1) is 26.4 Å². The number of sulfonamides is 2.